The minimum Gasteiger partial charge on any atom is -0.351 e. The Balaban J connectivity index is 1.61. The standard InChI is InChI=1S/C18H18ClN5OS/c1-12(17(25)21-10-13-5-7-15(19)8-6-13)26-18-23-22-16(24(18)2)14-4-3-9-20-11-14/h3-9,11-12H,10H2,1-2H3,(H,21,25). The average Bonchev–Trinajstić information content (AvgIpc) is 3.02. The number of hydrogen-bond acceptors (Lipinski definition) is 5. The summed E-state index contributed by atoms with van der Waals surface area (Å²) in [6, 6.07) is 11.2. The van der Waals surface area contributed by atoms with Gasteiger partial charge in [0.1, 0.15) is 0 Å². The lowest BCUT2D eigenvalue weighted by molar-refractivity contribution is -0.120. The van der Waals surface area contributed by atoms with Crippen LogP contribution in [0.25, 0.3) is 11.4 Å². The highest BCUT2D eigenvalue weighted by atomic mass is 35.5. The monoisotopic (exact) mass is 387 g/mol. The third-order valence-corrected chi connectivity index (χ3v) is 5.17. The van der Waals surface area contributed by atoms with E-state index >= 15 is 0 Å². The summed E-state index contributed by atoms with van der Waals surface area (Å²) in [6.45, 7) is 2.31. The fourth-order valence-electron chi connectivity index (χ4n) is 2.31. The topological polar surface area (TPSA) is 72.7 Å². The molecule has 1 atom stereocenters. The van der Waals surface area contributed by atoms with E-state index < -0.39 is 0 Å². The zero-order valence-electron chi connectivity index (χ0n) is 14.4. The zero-order valence-corrected chi connectivity index (χ0v) is 16.0. The maximum atomic E-state index is 12.4. The van der Waals surface area contributed by atoms with E-state index in [1.54, 1.807) is 24.5 Å². The van der Waals surface area contributed by atoms with E-state index in [2.05, 4.69) is 20.5 Å². The number of amides is 1. The van der Waals surface area contributed by atoms with Crippen molar-refractivity contribution in [2.24, 2.45) is 7.05 Å². The summed E-state index contributed by atoms with van der Waals surface area (Å²) in [5.41, 5.74) is 1.88. The first-order valence-corrected chi connectivity index (χ1v) is 9.29. The molecule has 0 saturated heterocycles. The second kappa shape index (κ2) is 8.33. The van der Waals surface area contributed by atoms with E-state index in [0.717, 1.165) is 17.0 Å². The minimum absolute atomic E-state index is 0.0594. The van der Waals surface area contributed by atoms with Gasteiger partial charge in [-0.25, -0.2) is 0 Å². The van der Waals surface area contributed by atoms with Crippen LogP contribution in [0.1, 0.15) is 12.5 Å². The van der Waals surface area contributed by atoms with Gasteiger partial charge in [-0.05, 0) is 36.8 Å². The minimum atomic E-state index is -0.299. The molecule has 0 saturated carbocycles. The van der Waals surface area contributed by atoms with Crippen molar-refractivity contribution in [2.45, 2.75) is 23.9 Å². The summed E-state index contributed by atoms with van der Waals surface area (Å²) in [7, 11) is 1.88. The van der Waals surface area contributed by atoms with Crippen molar-refractivity contribution in [1.29, 1.82) is 0 Å². The molecule has 0 aliphatic heterocycles. The Kier molecular flexibility index (Phi) is 5.90. The summed E-state index contributed by atoms with van der Waals surface area (Å²) in [5, 5.41) is 12.4. The van der Waals surface area contributed by atoms with Gasteiger partial charge in [0.15, 0.2) is 11.0 Å². The Bertz CT molecular complexity index is 882. The molecule has 0 aliphatic rings. The van der Waals surface area contributed by atoms with Crippen molar-refractivity contribution in [1.82, 2.24) is 25.1 Å². The number of thioether (sulfide) groups is 1. The molecule has 26 heavy (non-hydrogen) atoms. The maximum absolute atomic E-state index is 12.4. The number of rotatable bonds is 6. The molecule has 0 spiro atoms. The molecule has 0 aliphatic carbocycles. The highest BCUT2D eigenvalue weighted by molar-refractivity contribution is 8.00. The van der Waals surface area contributed by atoms with Gasteiger partial charge in [-0.3, -0.25) is 9.78 Å². The lowest BCUT2D eigenvalue weighted by atomic mass is 10.2. The van der Waals surface area contributed by atoms with Crippen molar-refractivity contribution in [3.63, 3.8) is 0 Å². The number of carbonyl (C=O) groups is 1. The van der Waals surface area contributed by atoms with E-state index in [9.17, 15) is 4.79 Å². The van der Waals surface area contributed by atoms with Crippen LogP contribution in [0.5, 0.6) is 0 Å². The Morgan fingerprint density at radius 3 is 2.73 bits per heavy atom. The van der Waals surface area contributed by atoms with Crippen molar-refractivity contribution in [2.75, 3.05) is 0 Å². The van der Waals surface area contributed by atoms with Crippen LogP contribution < -0.4 is 5.32 Å². The van der Waals surface area contributed by atoms with Crippen LogP contribution in [0, 0.1) is 0 Å². The van der Waals surface area contributed by atoms with Gasteiger partial charge in [0.05, 0.1) is 5.25 Å². The van der Waals surface area contributed by atoms with E-state index in [1.807, 2.05) is 42.8 Å². The second-order valence-electron chi connectivity index (χ2n) is 5.71. The second-order valence-corrected chi connectivity index (χ2v) is 7.46. The summed E-state index contributed by atoms with van der Waals surface area (Å²) in [5.74, 6) is 0.658. The molecule has 3 rings (SSSR count). The third kappa shape index (κ3) is 4.42. The van der Waals surface area contributed by atoms with E-state index in [-0.39, 0.29) is 11.2 Å². The Morgan fingerprint density at radius 2 is 2.04 bits per heavy atom. The van der Waals surface area contributed by atoms with Gasteiger partial charge in [0.25, 0.3) is 0 Å². The van der Waals surface area contributed by atoms with Gasteiger partial charge >= 0.3 is 0 Å². The number of nitrogens with one attached hydrogen (secondary N) is 1. The summed E-state index contributed by atoms with van der Waals surface area (Å²) >= 11 is 7.23. The quantitative estimate of drug-likeness (QED) is 0.657. The molecule has 2 heterocycles. The number of aromatic nitrogens is 4. The Hall–Kier alpha value is -2.38. The average molecular weight is 388 g/mol. The molecule has 8 heteroatoms. The van der Waals surface area contributed by atoms with Gasteiger partial charge in [-0.15, -0.1) is 10.2 Å². The molecular weight excluding hydrogens is 370 g/mol. The smallest absolute Gasteiger partial charge is 0.233 e. The van der Waals surface area contributed by atoms with E-state index in [0.29, 0.717) is 16.7 Å². The molecule has 1 unspecified atom stereocenters. The number of benzene rings is 1. The van der Waals surface area contributed by atoms with Crippen LogP contribution >= 0.6 is 23.4 Å². The van der Waals surface area contributed by atoms with Crippen LogP contribution in [0.4, 0.5) is 0 Å². The summed E-state index contributed by atoms with van der Waals surface area (Å²) in [6.07, 6.45) is 3.45. The number of halogens is 1. The first kappa shape index (κ1) is 18.4. The van der Waals surface area contributed by atoms with Gasteiger partial charge in [-0.1, -0.05) is 35.5 Å². The molecule has 2 aromatic heterocycles. The molecule has 3 aromatic rings. The fourth-order valence-corrected chi connectivity index (χ4v) is 3.28. The largest absolute Gasteiger partial charge is 0.351 e. The summed E-state index contributed by atoms with van der Waals surface area (Å²) in [4.78, 5) is 16.4. The van der Waals surface area contributed by atoms with Crippen LogP contribution in [-0.4, -0.2) is 30.9 Å². The van der Waals surface area contributed by atoms with Crippen LogP contribution in [0.15, 0.2) is 53.9 Å². The Morgan fingerprint density at radius 1 is 1.27 bits per heavy atom. The predicted molar refractivity (Wildman–Crippen MR) is 103 cm³/mol. The molecule has 0 bridgehead atoms. The van der Waals surface area contributed by atoms with Crippen LogP contribution in [0.3, 0.4) is 0 Å². The molecule has 0 fully saturated rings. The zero-order chi connectivity index (χ0) is 18.5. The number of pyridine rings is 1. The van der Waals surface area contributed by atoms with E-state index in [1.165, 1.54) is 11.8 Å². The lowest BCUT2D eigenvalue weighted by Gasteiger charge is -2.12. The molecular formula is C18H18ClN5OS. The molecule has 1 aromatic carbocycles. The molecule has 134 valence electrons. The van der Waals surface area contributed by atoms with Gasteiger partial charge in [0, 0.05) is 36.6 Å². The number of hydrogen-bond donors (Lipinski definition) is 1. The van der Waals surface area contributed by atoms with Crippen LogP contribution in [0.2, 0.25) is 5.02 Å². The first-order chi connectivity index (χ1) is 12.5. The van der Waals surface area contributed by atoms with Crippen molar-refractivity contribution in [3.05, 3.63) is 59.4 Å². The normalized spacial score (nSPS) is 12.0. The highest BCUT2D eigenvalue weighted by Gasteiger charge is 2.19. The van der Waals surface area contributed by atoms with Crippen molar-refractivity contribution in [3.8, 4) is 11.4 Å². The number of carbonyl (C=O) groups excluding carboxylic acids is 1. The number of nitrogens with zero attached hydrogens (tertiary/aromatic N) is 4. The molecule has 1 amide bonds. The van der Waals surface area contributed by atoms with Gasteiger partial charge < -0.3 is 9.88 Å². The molecule has 1 N–H and O–H groups in total. The van der Waals surface area contributed by atoms with Gasteiger partial charge in [-0.2, -0.15) is 0 Å². The highest BCUT2D eigenvalue weighted by Crippen LogP contribution is 2.25. The van der Waals surface area contributed by atoms with Crippen molar-refractivity contribution < 1.29 is 4.79 Å². The van der Waals surface area contributed by atoms with Gasteiger partial charge in [0.2, 0.25) is 5.91 Å². The van der Waals surface area contributed by atoms with Crippen molar-refractivity contribution >= 4 is 29.3 Å². The third-order valence-electron chi connectivity index (χ3n) is 3.79. The lowest BCUT2D eigenvalue weighted by Crippen LogP contribution is -2.30. The van der Waals surface area contributed by atoms with Crippen LogP contribution in [-0.2, 0) is 18.4 Å². The summed E-state index contributed by atoms with van der Waals surface area (Å²) < 4.78 is 1.87. The molecule has 0 radical (unpaired) electrons. The SMILES string of the molecule is CC(Sc1nnc(-c2cccnc2)n1C)C(=O)NCc1ccc(Cl)cc1. The first-order valence-electron chi connectivity index (χ1n) is 8.03. The van der Waals surface area contributed by atoms with E-state index in [4.69, 9.17) is 11.6 Å². The predicted octanol–water partition coefficient (Wildman–Crippen LogP) is 3.33. The maximum Gasteiger partial charge on any atom is 0.233 e. The molecule has 6 nitrogen and oxygen atoms in total. The Labute approximate surface area is 161 Å². The fraction of sp³-hybridized carbons (Fsp3) is 0.222.